The van der Waals surface area contributed by atoms with E-state index in [2.05, 4.69) is 9.71 Å². The van der Waals surface area contributed by atoms with Crippen LogP contribution in [0.3, 0.4) is 0 Å². The first-order valence-electron chi connectivity index (χ1n) is 8.72. The van der Waals surface area contributed by atoms with E-state index < -0.39 is 10.0 Å². The average molecular weight is 372 g/mol. The second-order valence-corrected chi connectivity index (χ2v) is 8.78. The van der Waals surface area contributed by atoms with Gasteiger partial charge in [-0.2, -0.15) is 0 Å². The van der Waals surface area contributed by atoms with Crippen molar-refractivity contribution >= 4 is 20.9 Å². The van der Waals surface area contributed by atoms with Gasteiger partial charge in [0.15, 0.2) is 0 Å². The minimum absolute atomic E-state index is 0.199. The van der Waals surface area contributed by atoms with Crippen LogP contribution in [0.2, 0.25) is 0 Å². The maximum Gasteiger partial charge on any atom is 0.241 e. The molecule has 2 N–H and O–H groups in total. The molecule has 136 valence electrons. The summed E-state index contributed by atoms with van der Waals surface area (Å²) in [5.74, 6) is -0.280. The first kappa shape index (κ1) is 17.2. The van der Waals surface area contributed by atoms with Gasteiger partial charge >= 0.3 is 0 Å². The third-order valence-corrected chi connectivity index (χ3v) is 6.77. The molecule has 3 aromatic rings. The van der Waals surface area contributed by atoms with E-state index >= 15 is 0 Å². The number of benzene rings is 2. The predicted octanol–water partition coefficient (Wildman–Crippen LogP) is 3.76. The third-order valence-electron chi connectivity index (χ3n) is 5.10. The number of halogens is 1. The summed E-state index contributed by atoms with van der Waals surface area (Å²) < 4.78 is 42.2. The number of fused-ring (bicyclic) bond motifs is 3. The van der Waals surface area contributed by atoms with E-state index in [0.29, 0.717) is 17.7 Å². The fourth-order valence-corrected chi connectivity index (χ4v) is 5.37. The Balaban J connectivity index is 1.64. The van der Waals surface area contributed by atoms with Gasteiger partial charge in [0.25, 0.3) is 0 Å². The van der Waals surface area contributed by atoms with E-state index in [4.69, 9.17) is 0 Å². The van der Waals surface area contributed by atoms with Gasteiger partial charge in [-0.25, -0.2) is 17.5 Å². The fourth-order valence-electron chi connectivity index (χ4n) is 3.77. The van der Waals surface area contributed by atoms with Crippen molar-refractivity contribution in [3.8, 4) is 0 Å². The lowest BCUT2D eigenvalue weighted by molar-refractivity contribution is 0.506. The maximum atomic E-state index is 13.6. The number of aryl methyl sites for hydroxylation is 3. The number of sulfonamides is 1. The lowest BCUT2D eigenvalue weighted by Crippen LogP contribution is -2.39. The summed E-state index contributed by atoms with van der Waals surface area (Å²) in [5, 5.41) is 0.843. The zero-order valence-corrected chi connectivity index (χ0v) is 15.6. The number of hydrogen-bond donors (Lipinski definition) is 2. The summed E-state index contributed by atoms with van der Waals surface area (Å²) in [6.07, 6.45) is 2.01. The zero-order valence-electron chi connectivity index (χ0n) is 14.8. The molecule has 1 atom stereocenters. The summed E-state index contributed by atoms with van der Waals surface area (Å²) >= 11 is 0. The third kappa shape index (κ3) is 3.04. The van der Waals surface area contributed by atoms with Crippen molar-refractivity contribution in [1.29, 1.82) is 0 Å². The summed E-state index contributed by atoms with van der Waals surface area (Å²) in [6.45, 7) is 3.68. The Kier molecular flexibility index (Phi) is 4.12. The molecule has 1 aliphatic rings. The molecule has 0 spiro atoms. The molecule has 0 bridgehead atoms. The minimum Gasteiger partial charge on any atom is -0.358 e. The lowest BCUT2D eigenvalue weighted by atomic mass is 9.92. The smallest absolute Gasteiger partial charge is 0.241 e. The van der Waals surface area contributed by atoms with Gasteiger partial charge in [-0.1, -0.05) is 12.1 Å². The molecule has 1 aromatic heterocycles. The van der Waals surface area contributed by atoms with Crippen LogP contribution < -0.4 is 4.72 Å². The van der Waals surface area contributed by atoms with E-state index in [-0.39, 0.29) is 11.9 Å². The van der Waals surface area contributed by atoms with Crippen molar-refractivity contribution < 1.29 is 12.8 Å². The standard InChI is InChI=1S/C20H21FN2O2S/c1-12-3-4-13(2)20(9-12)26(24,25)23-15-6-8-19-17(11-15)16-10-14(21)5-7-18(16)22-19/h3-5,7,9-10,15,22-23H,6,8,11H2,1-2H3. The summed E-state index contributed by atoms with van der Waals surface area (Å²) in [4.78, 5) is 3.66. The van der Waals surface area contributed by atoms with Gasteiger partial charge in [0.1, 0.15) is 5.82 Å². The molecule has 1 aliphatic carbocycles. The molecule has 26 heavy (non-hydrogen) atoms. The van der Waals surface area contributed by atoms with E-state index in [1.54, 1.807) is 19.1 Å². The number of rotatable bonds is 3. The van der Waals surface area contributed by atoms with Gasteiger partial charge in [-0.15, -0.1) is 0 Å². The fraction of sp³-hybridized carbons (Fsp3) is 0.300. The highest BCUT2D eigenvalue weighted by Gasteiger charge is 2.27. The highest BCUT2D eigenvalue weighted by Crippen LogP contribution is 2.30. The number of H-pyrrole nitrogens is 1. The van der Waals surface area contributed by atoms with Crippen LogP contribution in [0.25, 0.3) is 10.9 Å². The van der Waals surface area contributed by atoms with Crippen LogP contribution in [-0.2, 0) is 22.9 Å². The largest absolute Gasteiger partial charge is 0.358 e. The topological polar surface area (TPSA) is 62.0 Å². The maximum absolute atomic E-state index is 13.6. The highest BCUT2D eigenvalue weighted by atomic mass is 32.2. The molecule has 0 fully saturated rings. The second kappa shape index (κ2) is 6.21. The van der Waals surface area contributed by atoms with E-state index in [1.165, 1.54) is 12.1 Å². The molecule has 4 rings (SSSR count). The summed E-state index contributed by atoms with van der Waals surface area (Å²) in [7, 11) is -3.59. The van der Waals surface area contributed by atoms with E-state index in [0.717, 1.165) is 39.7 Å². The minimum atomic E-state index is -3.59. The van der Waals surface area contributed by atoms with Crippen LogP contribution in [0.15, 0.2) is 41.3 Å². The Morgan fingerprint density at radius 1 is 1.15 bits per heavy atom. The van der Waals surface area contributed by atoms with Gasteiger partial charge in [0.2, 0.25) is 10.0 Å². The number of aromatic nitrogens is 1. The number of aromatic amines is 1. The Bertz CT molecular complexity index is 1100. The second-order valence-electron chi connectivity index (χ2n) is 7.10. The number of nitrogens with one attached hydrogen (secondary N) is 2. The first-order valence-corrected chi connectivity index (χ1v) is 10.2. The predicted molar refractivity (Wildman–Crippen MR) is 100 cm³/mol. The molecule has 0 amide bonds. The SMILES string of the molecule is Cc1ccc(C)c(S(=O)(=O)NC2CCc3[nH]c4ccc(F)cc4c3C2)c1. The van der Waals surface area contributed by atoms with Crippen molar-refractivity contribution in [2.75, 3.05) is 0 Å². The highest BCUT2D eigenvalue weighted by molar-refractivity contribution is 7.89. The quantitative estimate of drug-likeness (QED) is 0.735. The van der Waals surface area contributed by atoms with Gasteiger partial charge < -0.3 is 4.98 Å². The van der Waals surface area contributed by atoms with Gasteiger partial charge in [-0.05, 0) is 74.1 Å². The van der Waals surface area contributed by atoms with Crippen molar-refractivity contribution in [1.82, 2.24) is 9.71 Å². The number of hydrogen-bond acceptors (Lipinski definition) is 2. The molecular weight excluding hydrogens is 351 g/mol. The van der Waals surface area contributed by atoms with E-state index in [1.807, 2.05) is 19.1 Å². The first-order chi connectivity index (χ1) is 12.3. The molecule has 4 nitrogen and oxygen atoms in total. The Hall–Kier alpha value is -2.18. The zero-order chi connectivity index (χ0) is 18.5. The summed E-state index contributed by atoms with van der Waals surface area (Å²) in [5.41, 5.74) is 4.63. The molecule has 0 aliphatic heterocycles. The monoisotopic (exact) mass is 372 g/mol. The normalized spacial score (nSPS) is 17.4. The van der Waals surface area contributed by atoms with Crippen LogP contribution in [-0.4, -0.2) is 19.4 Å². The van der Waals surface area contributed by atoms with Gasteiger partial charge in [0.05, 0.1) is 4.90 Å². The van der Waals surface area contributed by atoms with Crippen molar-refractivity contribution in [3.63, 3.8) is 0 Å². The van der Waals surface area contributed by atoms with Gasteiger partial charge in [-0.3, -0.25) is 0 Å². The van der Waals surface area contributed by atoms with E-state index in [9.17, 15) is 12.8 Å². The molecule has 6 heteroatoms. The molecule has 1 heterocycles. The molecule has 2 aromatic carbocycles. The molecule has 1 unspecified atom stereocenters. The van der Waals surface area contributed by atoms with Crippen LogP contribution >= 0.6 is 0 Å². The van der Waals surface area contributed by atoms with Crippen LogP contribution in [0.5, 0.6) is 0 Å². The lowest BCUT2D eigenvalue weighted by Gasteiger charge is -2.24. The molecular formula is C20H21FN2O2S. The molecule has 0 radical (unpaired) electrons. The van der Waals surface area contributed by atoms with Gasteiger partial charge in [0, 0.05) is 22.6 Å². The van der Waals surface area contributed by atoms with Crippen LogP contribution in [0, 0.1) is 19.7 Å². The van der Waals surface area contributed by atoms with Crippen molar-refractivity contribution in [2.24, 2.45) is 0 Å². The van der Waals surface area contributed by atoms with Crippen molar-refractivity contribution in [2.45, 2.75) is 44.0 Å². The average Bonchev–Trinajstić information content (AvgIpc) is 2.94. The molecule has 0 saturated heterocycles. The Morgan fingerprint density at radius 2 is 1.96 bits per heavy atom. The van der Waals surface area contributed by atoms with Crippen molar-refractivity contribution in [3.05, 3.63) is 64.6 Å². The Morgan fingerprint density at radius 3 is 2.77 bits per heavy atom. The Labute approximate surface area is 152 Å². The van der Waals surface area contributed by atoms with Crippen LogP contribution in [0.4, 0.5) is 4.39 Å². The van der Waals surface area contributed by atoms with Crippen LogP contribution in [0.1, 0.15) is 28.8 Å². The summed E-state index contributed by atoms with van der Waals surface area (Å²) in [6, 6.07) is 9.92. The molecule has 0 saturated carbocycles.